The molecule has 5 nitrogen and oxygen atoms in total. The molecular weight excluding hydrogens is 412 g/mol. The quantitative estimate of drug-likeness (QED) is 0.330. The molecule has 3 rings (SSSR count). The van der Waals surface area contributed by atoms with Crippen LogP contribution in [0, 0.1) is 25.2 Å². The van der Waals surface area contributed by atoms with Crippen molar-refractivity contribution in [2.24, 2.45) is 0 Å². The van der Waals surface area contributed by atoms with Gasteiger partial charge in [-0.2, -0.15) is 5.26 Å². The first-order valence-electron chi connectivity index (χ1n) is 10.3. The van der Waals surface area contributed by atoms with Gasteiger partial charge in [0.1, 0.15) is 11.3 Å². The van der Waals surface area contributed by atoms with E-state index >= 15 is 0 Å². The summed E-state index contributed by atoms with van der Waals surface area (Å²) in [5.74, 6) is 0.725. The van der Waals surface area contributed by atoms with E-state index < -0.39 is 0 Å². The normalized spacial score (nSPS) is 10.7. The van der Waals surface area contributed by atoms with E-state index in [2.05, 4.69) is 24.1 Å². The van der Waals surface area contributed by atoms with E-state index in [9.17, 15) is 4.79 Å². The maximum absolute atomic E-state index is 11.9. The molecule has 3 aromatic rings. The predicted octanol–water partition coefficient (Wildman–Crippen LogP) is 5.38. The van der Waals surface area contributed by atoms with Gasteiger partial charge in [0.2, 0.25) is 0 Å². The highest BCUT2D eigenvalue weighted by Gasteiger charge is 2.08. The van der Waals surface area contributed by atoms with Gasteiger partial charge in [0.05, 0.1) is 18.2 Å². The third kappa shape index (κ3) is 6.58. The fraction of sp³-hybridized carbons (Fsp3) is 0.360. The zero-order chi connectivity index (χ0) is 21.5. The molecule has 164 valence electrons. The Morgan fingerprint density at radius 1 is 1.06 bits per heavy atom. The van der Waals surface area contributed by atoms with Crippen LogP contribution in [0.1, 0.15) is 41.5 Å². The maximum atomic E-state index is 11.9. The van der Waals surface area contributed by atoms with E-state index in [-0.39, 0.29) is 18.0 Å². The Kier molecular flexibility index (Phi) is 9.11. The Morgan fingerprint density at radius 2 is 1.87 bits per heavy atom. The molecule has 0 fully saturated rings. The smallest absolute Gasteiger partial charge is 0.339 e. The second-order valence-corrected chi connectivity index (χ2v) is 7.76. The van der Waals surface area contributed by atoms with Gasteiger partial charge in [0, 0.05) is 23.6 Å². The number of benzene rings is 2. The average Bonchev–Trinajstić information content (AvgIpc) is 2.74. The summed E-state index contributed by atoms with van der Waals surface area (Å²) in [6, 6.07) is 15.6. The molecule has 0 bridgehead atoms. The Hall–Kier alpha value is -2.81. The monoisotopic (exact) mass is 440 g/mol. The van der Waals surface area contributed by atoms with Crippen molar-refractivity contribution in [1.29, 1.82) is 5.26 Å². The summed E-state index contributed by atoms with van der Waals surface area (Å²) in [4.78, 5) is 14.1. The molecular formula is C25H29ClN2O3. The van der Waals surface area contributed by atoms with E-state index in [1.54, 1.807) is 13.0 Å². The minimum absolute atomic E-state index is 0. The SMILES string of the molecule is Cc1c(C)c2ccc(OCCCCCN(C)Cc3cccc(C#N)c3)cc2oc1=O.Cl. The minimum atomic E-state index is -0.291. The third-order valence-corrected chi connectivity index (χ3v) is 5.39. The number of halogens is 1. The van der Waals surface area contributed by atoms with Crippen LogP contribution in [0.15, 0.2) is 51.7 Å². The van der Waals surface area contributed by atoms with Crippen molar-refractivity contribution < 1.29 is 9.15 Å². The number of nitrogens with zero attached hydrogens (tertiary/aromatic N) is 2. The third-order valence-electron chi connectivity index (χ3n) is 5.39. The van der Waals surface area contributed by atoms with Crippen LogP contribution in [-0.2, 0) is 6.54 Å². The lowest BCUT2D eigenvalue weighted by molar-refractivity contribution is 0.286. The topological polar surface area (TPSA) is 66.5 Å². The summed E-state index contributed by atoms with van der Waals surface area (Å²) in [5.41, 5.74) is 3.75. The van der Waals surface area contributed by atoms with Gasteiger partial charge in [-0.1, -0.05) is 12.1 Å². The first-order valence-corrected chi connectivity index (χ1v) is 10.3. The van der Waals surface area contributed by atoms with Crippen LogP contribution in [0.4, 0.5) is 0 Å². The molecule has 2 aromatic carbocycles. The van der Waals surface area contributed by atoms with Gasteiger partial charge in [-0.15, -0.1) is 12.4 Å². The van der Waals surface area contributed by atoms with Gasteiger partial charge >= 0.3 is 5.63 Å². The lowest BCUT2D eigenvalue weighted by Crippen LogP contribution is -2.19. The molecule has 1 heterocycles. The Labute approximate surface area is 189 Å². The minimum Gasteiger partial charge on any atom is -0.493 e. The molecule has 0 N–H and O–H groups in total. The van der Waals surface area contributed by atoms with E-state index in [4.69, 9.17) is 14.4 Å². The first kappa shape index (κ1) is 24.5. The van der Waals surface area contributed by atoms with Crippen molar-refractivity contribution in [2.45, 2.75) is 39.7 Å². The zero-order valence-electron chi connectivity index (χ0n) is 18.3. The van der Waals surface area contributed by atoms with E-state index in [0.29, 0.717) is 23.3 Å². The van der Waals surface area contributed by atoms with Crippen molar-refractivity contribution in [3.63, 3.8) is 0 Å². The van der Waals surface area contributed by atoms with E-state index in [1.165, 1.54) is 0 Å². The van der Waals surface area contributed by atoms with Crippen molar-refractivity contribution in [2.75, 3.05) is 20.2 Å². The van der Waals surface area contributed by atoms with Gasteiger partial charge in [-0.05, 0) is 82.1 Å². The highest BCUT2D eigenvalue weighted by atomic mass is 35.5. The van der Waals surface area contributed by atoms with Gasteiger partial charge in [0.15, 0.2) is 0 Å². The first-order chi connectivity index (χ1) is 14.5. The molecule has 1 aromatic heterocycles. The average molecular weight is 441 g/mol. The molecule has 0 aliphatic carbocycles. The fourth-order valence-electron chi connectivity index (χ4n) is 3.50. The summed E-state index contributed by atoms with van der Waals surface area (Å²) in [6.07, 6.45) is 3.12. The second-order valence-electron chi connectivity index (χ2n) is 7.76. The molecule has 0 aliphatic heterocycles. The van der Waals surface area contributed by atoms with Crippen molar-refractivity contribution in [3.05, 3.63) is 75.1 Å². The van der Waals surface area contributed by atoms with Crippen molar-refractivity contribution in [1.82, 2.24) is 4.90 Å². The summed E-state index contributed by atoms with van der Waals surface area (Å²) < 4.78 is 11.2. The summed E-state index contributed by atoms with van der Waals surface area (Å²) in [7, 11) is 2.10. The van der Waals surface area contributed by atoms with Gasteiger partial charge in [0.25, 0.3) is 0 Å². The molecule has 0 aliphatic rings. The Balaban J connectivity index is 0.00000341. The zero-order valence-corrected chi connectivity index (χ0v) is 19.1. The van der Waals surface area contributed by atoms with Crippen LogP contribution < -0.4 is 10.4 Å². The van der Waals surface area contributed by atoms with Gasteiger partial charge < -0.3 is 14.1 Å². The number of rotatable bonds is 9. The van der Waals surface area contributed by atoms with Gasteiger partial charge in [-0.3, -0.25) is 0 Å². The molecule has 0 atom stereocenters. The Morgan fingerprint density at radius 3 is 2.65 bits per heavy atom. The summed E-state index contributed by atoms with van der Waals surface area (Å²) >= 11 is 0. The summed E-state index contributed by atoms with van der Waals surface area (Å²) in [6.45, 7) is 6.19. The largest absolute Gasteiger partial charge is 0.493 e. The van der Waals surface area contributed by atoms with Crippen LogP contribution >= 0.6 is 12.4 Å². The van der Waals surface area contributed by atoms with Crippen LogP contribution in [0.3, 0.4) is 0 Å². The highest BCUT2D eigenvalue weighted by molar-refractivity contribution is 5.85. The van der Waals surface area contributed by atoms with Gasteiger partial charge in [-0.25, -0.2) is 4.79 Å². The number of fused-ring (bicyclic) bond motifs is 1. The standard InChI is InChI=1S/C25H28N2O3.ClH/c1-18-19(2)25(28)30-24-15-22(10-11-23(18)24)29-13-6-4-5-12-27(3)17-21-9-7-8-20(14-21)16-26;/h7-11,14-15H,4-6,12-13,17H2,1-3H3;1H. The van der Waals surface area contributed by atoms with Crippen LogP contribution in [0.2, 0.25) is 0 Å². The van der Waals surface area contributed by atoms with E-state index in [1.807, 2.05) is 37.3 Å². The molecule has 31 heavy (non-hydrogen) atoms. The van der Waals surface area contributed by atoms with Crippen molar-refractivity contribution in [3.8, 4) is 11.8 Å². The second kappa shape index (κ2) is 11.5. The number of aryl methyl sites for hydroxylation is 1. The molecule has 0 saturated heterocycles. The number of nitriles is 1. The number of hydrogen-bond donors (Lipinski definition) is 0. The van der Waals surface area contributed by atoms with E-state index in [0.717, 1.165) is 54.6 Å². The lowest BCUT2D eigenvalue weighted by atomic mass is 10.1. The highest BCUT2D eigenvalue weighted by Crippen LogP contribution is 2.24. The molecule has 0 radical (unpaired) electrons. The fourth-order valence-corrected chi connectivity index (χ4v) is 3.50. The number of ether oxygens (including phenoxy) is 1. The van der Waals surface area contributed by atoms with Crippen LogP contribution in [0.5, 0.6) is 5.75 Å². The Bertz CT molecular complexity index is 1120. The number of hydrogen-bond acceptors (Lipinski definition) is 5. The molecule has 6 heteroatoms. The molecule has 0 unspecified atom stereocenters. The maximum Gasteiger partial charge on any atom is 0.339 e. The lowest BCUT2D eigenvalue weighted by Gasteiger charge is -2.16. The predicted molar refractivity (Wildman–Crippen MR) is 126 cm³/mol. The number of unbranched alkanes of at least 4 members (excludes halogenated alkanes) is 2. The van der Waals surface area contributed by atoms with Crippen LogP contribution in [0.25, 0.3) is 11.0 Å². The molecule has 0 spiro atoms. The van der Waals surface area contributed by atoms with Crippen LogP contribution in [-0.4, -0.2) is 25.1 Å². The molecule has 0 amide bonds. The van der Waals surface area contributed by atoms with Crippen molar-refractivity contribution >= 4 is 23.4 Å². The summed E-state index contributed by atoms with van der Waals surface area (Å²) in [5, 5.41) is 9.94. The molecule has 0 saturated carbocycles.